The first kappa shape index (κ1) is 17.1. The van der Waals surface area contributed by atoms with Crippen molar-refractivity contribution in [3.63, 3.8) is 0 Å². The van der Waals surface area contributed by atoms with E-state index >= 15 is 0 Å². The van der Waals surface area contributed by atoms with Gasteiger partial charge in [-0.25, -0.2) is 13.2 Å². The molecule has 0 aliphatic carbocycles. The van der Waals surface area contributed by atoms with Crippen molar-refractivity contribution in [1.29, 1.82) is 0 Å². The third-order valence-corrected chi connectivity index (χ3v) is 3.58. The molecule has 0 fully saturated rings. The average Bonchev–Trinajstić information content (AvgIpc) is 2.49. The molecule has 0 spiro atoms. The molecule has 0 aromatic heterocycles. The fourth-order valence-corrected chi connectivity index (χ4v) is 2.50. The van der Waals surface area contributed by atoms with Gasteiger partial charge in [-0.05, 0) is 42.5 Å². The highest BCUT2D eigenvalue weighted by molar-refractivity contribution is 7.92. The second-order valence-corrected chi connectivity index (χ2v) is 6.81. The lowest BCUT2D eigenvalue weighted by atomic mass is 10.1. The smallest absolute Gasteiger partial charge is 0.340 e. The van der Waals surface area contributed by atoms with Gasteiger partial charge in [0.1, 0.15) is 11.5 Å². The minimum atomic E-state index is -3.53. The van der Waals surface area contributed by atoms with Crippen LogP contribution < -0.4 is 9.46 Å². The topological polar surface area (TPSA) is 81.7 Å². The predicted octanol–water partition coefficient (Wildman–Crippen LogP) is 3.29. The normalized spacial score (nSPS) is 10.9. The van der Waals surface area contributed by atoms with Crippen LogP contribution in [0.5, 0.6) is 11.5 Å². The van der Waals surface area contributed by atoms with Gasteiger partial charge < -0.3 is 9.47 Å². The van der Waals surface area contributed by atoms with Gasteiger partial charge in [-0.2, -0.15) is 0 Å². The van der Waals surface area contributed by atoms with Crippen LogP contribution in [0.25, 0.3) is 0 Å². The molecule has 0 aliphatic heterocycles. The standard InChI is InChI=1S/C15H14ClNO5S/c1-21-15(18)13-9-12(7-8-14(13)17-23(2,19)20)22-11-5-3-10(16)4-6-11/h3-9,17H,1-2H3. The van der Waals surface area contributed by atoms with Gasteiger partial charge in [-0.3, -0.25) is 4.72 Å². The van der Waals surface area contributed by atoms with Crippen molar-refractivity contribution in [2.24, 2.45) is 0 Å². The molecule has 8 heteroatoms. The Kier molecular flexibility index (Phi) is 5.12. The molecular weight excluding hydrogens is 342 g/mol. The highest BCUT2D eigenvalue weighted by Crippen LogP contribution is 2.28. The van der Waals surface area contributed by atoms with Gasteiger partial charge in [0.15, 0.2) is 0 Å². The number of rotatable bonds is 5. The van der Waals surface area contributed by atoms with E-state index < -0.39 is 16.0 Å². The van der Waals surface area contributed by atoms with E-state index in [9.17, 15) is 13.2 Å². The first-order chi connectivity index (χ1) is 10.8. The molecule has 2 rings (SSSR count). The van der Waals surface area contributed by atoms with Crippen LogP contribution in [0, 0.1) is 0 Å². The van der Waals surface area contributed by atoms with Crippen LogP contribution in [-0.4, -0.2) is 27.8 Å². The highest BCUT2D eigenvalue weighted by Gasteiger charge is 2.16. The lowest BCUT2D eigenvalue weighted by Gasteiger charge is -2.12. The number of esters is 1. The zero-order valence-electron chi connectivity index (χ0n) is 12.4. The van der Waals surface area contributed by atoms with E-state index in [-0.39, 0.29) is 11.3 Å². The highest BCUT2D eigenvalue weighted by atomic mass is 35.5. The van der Waals surface area contributed by atoms with Crippen molar-refractivity contribution in [2.75, 3.05) is 18.1 Å². The number of ether oxygens (including phenoxy) is 2. The summed E-state index contributed by atoms with van der Waals surface area (Å²) in [6, 6.07) is 11.0. The van der Waals surface area contributed by atoms with E-state index in [0.717, 1.165) is 6.26 Å². The maximum atomic E-state index is 11.8. The second kappa shape index (κ2) is 6.89. The van der Waals surface area contributed by atoms with E-state index in [1.54, 1.807) is 24.3 Å². The lowest BCUT2D eigenvalue weighted by Crippen LogP contribution is -2.14. The largest absolute Gasteiger partial charge is 0.465 e. The molecule has 122 valence electrons. The van der Waals surface area contributed by atoms with E-state index in [0.29, 0.717) is 16.5 Å². The van der Waals surface area contributed by atoms with Gasteiger partial charge in [-0.15, -0.1) is 0 Å². The van der Waals surface area contributed by atoms with Gasteiger partial charge >= 0.3 is 5.97 Å². The Hall–Kier alpha value is -2.25. The zero-order valence-corrected chi connectivity index (χ0v) is 13.9. The number of sulfonamides is 1. The van der Waals surface area contributed by atoms with Gasteiger partial charge in [0, 0.05) is 5.02 Å². The van der Waals surface area contributed by atoms with E-state index in [1.165, 1.54) is 25.3 Å². The maximum absolute atomic E-state index is 11.8. The lowest BCUT2D eigenvalue weighted by molar-refractivity contribution is 0.0601. The van der Waals surface area contributed by atoms with Crippen LogP contribution in [-0.2, 0) is 14.8 Å². The first-order valence-electron chi connectivity index (χ1n) is 6.42. The quantitative estimate of drug-likeness (QED) is 0.832. The Morgan fingerprint density at radius 3 is 2.26 bits per heavy atom. The number of benzene rings is 2. The summed E-state index contributed by atoms with van der Waals surface area (Å²) in [5, 5.41) is 0.570. The first-order valence-corrected chi connectivity index (χ1v) is 8.69. The number of carbonyl (C=O) groups is 1. The SMILES string of the molecule is COC(=O)c1cc(Oc2ccc(Cl)cc2)ccc1NS(C)(=O)=O. The molecule has 0 amide bonds. The molecule has 0 bridgehead atoms. The van der Waals surface area contributed by atoms with Gasteiger partial charge in [0.05, 0.1) is 24.6 Å². The summed E-state index contributed by atoms with van der Waals surface area (Å²) in [6.07, 6.45) is 0.992. The minimum Gasteiger partial charge on any atom is -0.465 e. The Morgan fingerprint density at radius 1 is 1.09 bits per heavy atom. The predicted molar refractivity (Wildman–Crippen MR) is 87.8 cm³/mol. The Morgan fingerprint density at radius 2 is 1.70 bits per heavy atom. The fraction of sp³-hybridized carbons (Fsp3) is 0.133. The van der Waals surface area contributed by atoms with Crippen molar-refractivity contribution < 1.29 is 22.7 Å². The number of carbonyl (C=O) groups excluding carboxylic acids is 1. The average molecular weight is 356 g/mol. The molecule has 23 heavy (non-hydrogen) atoms. The molecule has 0 radical (unpaired) electrons. The van der Waals surface area contributed by atoms with Gasteiger partial charge in [0.2, 0.25) is 10.0 Å². The summed E-state index contributed by atoms with van der Waals surface area (Å²) < 4.78 is 35.3. The molecule has 0 saturated carbocycles. The number of nitrogens with one attached hydrogen (secondary N) is 1. The summed E-state index contributed by atoms with van der Waals surface area (Å²) in [4.78, 5) is 11.8. The molecule has 0 atom stereocenters. The van der Waals surface area contributed by atoms with Crippen molar-refractivity contribution in [3.05, 3.63) is 53.1 Å². The van der Waals surface area contributed by atoms with Crippen LogP contribution in [0.15, 0.2) is 42.5 Å². The Labute approximate surface area is 139 Å². The summed E-state index contributed by atoms with van der Waals surface area (Å²) in [5.74, 6) is 0.193. The van der Waals surface area contributed by atoms with Gasteiger partial charge in [0.25, 0.3) is 0 Å². The van der Waals surface area contributed by atoms with Crippen LogP contribution >= 0.6 is 11.6 Å². The molecule has 1 N–H and O–H groups in total. The molecule has 2 aromatic rings. The summed E-state index contributed by atoms with van der Waals surface area (Å²) in [5.41, 5.74) is 0.159. The number of hydrogen-bond acceptors (Lipinski definition) is 5. The molecule has 6 nitrogen and oxygen atoms in total. The van der Waals surface area contributed by atoms with Crippen molar-refractivity contribution in [1.82, 2.24) is 0 Å². The molecule has 0 heterocycles. The zero-order chi connectivity index (χ0) is 17.0. The van der Waals surface area contributed by atoms with Crippen LogP contribution in [0.2, 0.25) is 5.02 Å². The van der Waals surface area contributed by atoms with Crippen LogP contribution in [0.4, 0.5) is 5.69 Å². The molecule has 0 saturated heterocycles. The van der Waals surface area contributed by atoms with E-state index in [1.807, 2.05) is 0 Å². The number of anilines is 1. The number of hydrogen-bond donors (Lipinski definition) is 1. The molecular formula is C15H14ClNO5S. The van der Waals surface area contributed by atoms with Crippen molar-refractivity contribution in [2.45, 2.75) is 0 Å². The Bertz CT molecular complexity index is 818. The van der Waals surface area contributed by atoms with Crippen LogP contribution in [0.3, 0.4) is 0 Å². The fourth-order valence-electron chi connectivity index (χ4n) is 1.79. The number of halogens is 1. The molecule has 0 aliphatic rings. The summed E-state index contributed by atoms with van der Waals surface area (Å²) >= 11 is 5.80. The summed E-state index contributed by atoms with van der Waals surface area (Å²) in [6.45, 7) is 0. The third kappa shape index (κ3) is 4.87. The summed E-state index contributed by atoms with van der Waals surface area (Å²) in [7, 11) is -2.32. The van der Waals surface area contributed by atoms with E-state index in [2.05, 4.69) is 9.46 Å². The van der Waals surface area contributed by atoms with Crippen LogP contribution in [0.1, 0.15) is 10.4 Å². The monoisotopic (exact) mass is 355 g/mol. The van der Waals surface area contributed by atoms with Crippen molar-refractivity contribution >= 4 is 33.3 Å². The van der Waals surface area contributed by atoms with Gasteiger partial charge in [-0.1, -0.05) is 11.6 Å². The Balaban J connectivity index is 2.35. The molecule has 2 aromatic carbocycles. The molecule has 0 unspecified atom stereocenters. The van der Waals surface area contributed by atoms with E-state index in [4.69, 9.17) is 16.3 Å². The number of methoxy groups -OCH3 is 1. The van der Waals surface area contributed by atoms with Crippen molar-refractivity contribution in [3.8, 4) is 11.5 Å². The maximum Gasteiger partial charge on any atom is 0.340 e. The third-order valence-electron chi connectivity index (χ3n) is 2.74. The minimum absolute atomic E-state index is 0.0457. The second-order valence-electron chi connectivity index (χ2n) is 4.63.